The third kappa shape index (κ3) is 6.77. The van der Waals surface area contributed by atoms with E-state index in [1.165, 1.54) is 0 Å². The molecule has 0 aliphatic rings. The van der Waals surface area contributed by atoms with Crippen LogP contribution in [0.4, 0.5) is 5.69 Å². The van der Waals surface area contributed by atoms with Crippen molar-refractivity contribution in [2.75, 3.05) is 18.5 Å². The van der Waals surface area contributed by atoms with Crippen molar-refractivity contribution in [3.8, 4) is 0 Å². The van der Waals surface area contributed by atoms with Gasteiger partial charge in [-0.3, -0.25) is 4.79 Å². The van der Waals surface area contributed by atoms with Crippen LogP contribution in [0.2, 0.25) is 0 Å². The Balaban J connectivity index is 1.76. The van der Waals surface area contributed by atoms with Gasteiger partial charge in [0.1, 0.15) is 0 Å². The first-order valence-electron chi connectivity index (χ1n) is 8.36. The zero-order valence-corrected chi connectivity index (χ0v) is 14.6. The largest absolute Gasteiger partial charge is 0.462 e. The maximum atomic E-state index is 11.9. The smallest absolute Gasteiger partial charge is 0.338 e. The van der Waals surface area contributed by atoms with E-state index in [2.05, 4.69) is 10.6 Å². The second-order valence-electron chi connectivity index (χ2n) is 6.21. The lowest BCUT2D eigenvalue weighted by Gasteiger charge is -2.09. The standard InChI is InChI=1S/C20H24N2O3/c1-15(2)14-25-20(24)17-8-10-18(11-9-17)22-19(23)13-21-12-16-6-4-3-5-7-16/h3-11,15,21H,12-14H2,1-2H3,(H,22,23). The van der Waals surface area contributed by atoms with Crippen molar-refractivity contribution in [1.29, 1.82) is 0 Å². The second kappa shape index (κ2) is 9.59. The minimum Gasteiger partial charge on any atom is -0.462 e. The lowest BCUT2D eigenvalue weighted by atomic mass is 10.2. The Morgan fingerprint density at radius 1 is 1.00 bits per heavy atom. The number of carbonyl (C=O) groups is 2. The lowest BCUT2D eigenvalue weighted by Crippen LogP contribution is -2.27. The SMILES string of the molecule is CC(C)COC(=O)c1ccc(NC(=O)CNCc2ccccc2)cc1. The summed E-state index contributed by atoms with van der Waals surface area (Å²) in [5.74, 6) is -0.187. The molecule has 1 amide bonds. The van der Waals surface area contributed by atoms with E-state index in [4.69, 9.17) is 4.74 Å². The first-order valence-corrected chi connectivity index (χ1v) is 8.36. The first-order chi connectivity index (χ1) is 12.0. The molecule has 25 heavy (non-hydrogen) atoms. The molecule has 2 aromatic rings. The molecule has 0 unspecified atom stereocenters. The van der Waals surface area contributed by atoms with Gasteiger partial charge in [0, 0.05) is 12.2 Å². The van der Waals surface area contributed by atoms with E-state index in [0.717, 1.165) is 5.56 Å². The highest BCUT2D eigenvalue weighted by Gasteiger charge is 2.08. The highest BCUT2D eigenvalue weighted by Crippen LogP contribution is 2.11. The van der Waals surface area contributed by atoms with Crippen LogP contribution in [0.3, 0.4) is 0 Å². The highest BCUT2D eigenvalue weighted by atomic mass is 16.5. The van der Waals surface area contributed by atoms with Crippen molar-refractivity contribution in [1.82, 2.24) is 5.32 Å². The van der Waals surface area contributed by atoms with Gasteiger partial charge in [0.2, 0.25) is 5.91 Å². The van der Waals surface area contributed by atoms with Crippen LogP contribution in [0, 0.1) is 5.92 Å². The van der Waals surface area contributed by atoms with Crippen LogP contribution in [-0.4, -0.2) is 25.0 Å². The molecule has 0 bridgehead atoms. The molecular weight excluding hydrogens is 316 g/mol. The number of anilines is 1. The Kier molecular flexibility index (Phi) is 7.16. The van der Waals surface area contributed by atoms with Crippen LogP contribution in [0.25, 0.3) is 0 Å². The highest BCUT2D eigenvalue weighted by molar-refractivity contribution is 5.94. The molecule has 0 aromatic heterocycles. The topological polar surface area (TPSA) is 67.4 Å². The molecule has 2 rings (SSSR count). The number of esters is 1. The molecule has 0 aliphatic carbocycles. The van der Waals surface area contributed by atoms with Gasteiger partial charge < -0.3 is 15.4 Å². The van der Waals surface area contributed by atoms with Gasteiger partial charge in [0.05, 0.1) is 18.7 Å². The van der Waals surface area contributed by atoms with E-state index in [-0.39, 0.29) is 18.4 Å². The molecule has 0 aliphatic heterocycles. The average Bonchev–Trinajstić information content (AvgIpc) is 2.61. The third-order valence-corrected chi connectivity index (χ3v) is 3.41. The van der Waals surface area contributed by atoms with Crippen LogP contribution >= 0.6 is 0 Å². The minimum absolute atomic E-state index is 0.133. The number of benzene rings is 2. The quantitative estimate of drug-likeness (QED) is 0.724. The Bertz CT molecular complexity index is 682. The van der Waals surface area contributed by atoms with Gasteiger partial charge in [-0.2, -0.15) is 0 Å². The van der Waals surface area contributed by atoms with Crippen molar-refractivity contribution in [2.45, 2.75) is 20.4 Å². The van der Waals surface area contributed by atoms with Gasteiger partial charge in [-0.25, -0.2) is 4.79 Å². The number of ether oxygens (including phenoxy) is 1. The average molecular weight is 340 g/mol. The molecule has 0 saturated carbocycles. The number of hydrogen-bond donors (Lipinski definition) is 2. The van der Waals surface area contributed by atoms with E-state index in [1.807, 2.05) is 44.2 Å². The van der Waals surface area contributed by atoms with Crippen molar-refractivity contribution in [3.05, 3.63) is 65.7 Å². The van der Waals surface area contributed by atoms with Gasteiger partial charge >= 0.3 is 5.97 Å². The van der Waals surface area contributed by atoms with Crippen molar-refractivity contribution < 1.29 is 14.3 Å². The Morgan fingerprint density at radius 3 is 2.32 bits per heavy atom. The Labute approximate surface area is 148 Å². The predicted molar refractivity (Wildman–Crippen MR) is 98.3 cm³/mol. The Morgan fingerprint density at radius 2 is 1.68 bits per heavy atom. The lowest BCUT2D eigenvalue weighted by molar-refractivity contribution is -0.115. The summed E-state index contributed by atoms with van der Waals surface area (Å²) < 4.78 is 5.17. The maximum absolute atomic E-state index is 11.9. The van der Waals surface area contributed by atoms with E-state index < -0.39 is 0 Å². The van der Waals surface area contributed by atoms with Crippen LogP contribution < -0.4 is 10.6 Å². The fraction of sp³-hybridized carbons (Fsp3) is 0.300. The van der Waals surface area contributed by atoms with E-state index in [0.29, 0.717) is 30.3 Å². The van der Waals surface area contributed by atoms with Crippen LogP contribution in [0.1, 0.15) is 29.8 Å². The number of rotatable bonds is 8. The zero-order valence-electron chi connectivity index (χ0n) is 14.6. The molecular formula is C20H24N2O3. The summed E-state index contributed by atoms with van der Waals surface area (Å²) in [6.07, 6.45) is 0. The molecule has 5 heteroatoms. The van der Waals surface area contributed by atoms with Gasteiger partial charge in [-0.1, -0.05) is 44.2 Å². The Hall–Kier alpha value is -2.66. The summed E-state index contributed by atoms with van der Waals surface area (Å²) in [6.45, 7) is 5.21. The summed E-state index contributed by atoms with van der Waals surface area (Å²) >= 11 is 0. The van der Waals surface area contributed by atoms with Gasteiger partial charge in [-0.15, -0.1) is 0 Å². The number of nitrogens with one attached hydrogen (secondary N) is 2. The van der Waals surface area contributed by atoms with Crippen LogP contribution in [-0.2, 0) is 16.1 Å². The second-order valence-corrected chi connectivity index (χ2v) is 6.21. The zero-order chi connectivity index (χ0) is 18.1. The van der Waals surface area contributed by atoms with Crippen molar-refractivity contribution >= 4 is 17.6 Å². The van der Waals surface area contributed by atoms with E-state index in [1.54, 1.807) is 24.3 Å². The van der Waals surface area contributed by atoms with Crippen LogP contribution in [0.15, 0.2) is 54.6 Å². The molecule has 2 aromatic carbocycles. The predicted octanol–water partition coefficient (Wildman–Crippen LogP) is 3.23. The van der Waals surface area contributed by atoms with E-state index in [9.17, 15) is 9.59 Å². The third-order valence-electron chi connectivity index (χ3n) is 3.41. The first kappa shape index (κ1) is 18.7. The fourth-order valence-corrected chi connectivity index (χ4v) is 2.14. The minimum atomic E-state index is -0.351. The molecule has 0 saturated heterocycles. The molecule has 5 nitrogen and oxygen atoms in total. The molecule has 0 spiro atoms. The number of carbonyl (C=O) groups excluding carboxylic acids is 2. The normalized spacial score (nSPS) is 10.5. The van der Waals surface area contributed by atoms with Gasteiger partial charge in [-0.05, 0) is 35.7 Å². The summed E-state index contributed by atoms with van der Waals surface area (Å²) in [5, 5.41) is 5.88. The van der Waals surface area contributed by atoms with E-state index >= 15 is 0 Å². The summed E-state index contributed by atoms with van der Waals surface area (Å²) in [4.78, 5) is 23.8. The molecule has 2 N–H and O–H groups in total. The summed E-state index contributed by atoms with van der Waals surface area (Å²) in [7, 11) is 0. The van der Waals surface area contributed by atoms with Crippen LogP contribution in [0.5, 0.6) is 0 Å². The van der Waals surface area contributed by atoms with Gasteiger partial charge in [0.25, 0.3) is 0 Å². The summed E-state index contributed by atoms with van der Waals surface area (Å²) in [6, 6.07) is 16.6. The molecule has 0 heterocycles. The molecule has 132 valence electrons. The summed E-state index contributed by atoms with van der Waals surface area (Å²) in [5.41, 5.74) is 2.24. The van der Waals surface area contributed by atoms with Gasteiger partial charge in [0.15, 0.2) is 0 Å². The maximum Gasteiger partial charge on any atom is 0.338 e. The number of hydrogen-bond acceptors (Lipinski definition) is 4. The fourth-order valence-electron chi connectivity index (χ4n) is 2.14. The molecule has 0 atom stereocenters. The number of amides is 1. The van der Waals surface area contributed by atoms with Crippen molar-refractivity contribution in [2.24, 2.45) is 5.92 Å². The molecule has 0 fully saturated rings. The van der Waals surface area contributed by atoms with Crippen molar-refractivity contribution in [3.63, 3.8) is 0 Å². The molecule has 0 radical (unpaired) electrons. The monoisotopic (exact) mass is 340 g/mol.